The molecular formula is C14H21ClN2O2. The summed E-state index contributed by atoms with van der Waals surface area (Å²) in [6.45, 7) is 2.43. The minimum Gasteiger partial charge on any atom is -0.465 e. The number of benzene rings is 1. The molecule has 0 saturated heterocycles. The molecule has 1 aromatic carbocycles. The molecule has 0 unspecified atom stereocenters. The fraction of sp³-hybridized carbons (Fsp3) is 0.500. The van der Waals surface area contributed by atoms with Crippen molar-refractivity contribution < 1.29 is 9.90 Å². The van der Waals surface area contributed by atoms with Gasteiger partial charge in [0, 0.05) is 12.6 Å². The zero-order valence-electron chi connectivity index (χ0n) is 11.1. The average Bonchev–Trinajstić information content (AvgIpc) is 3.17. The Bertz CT molecular complexity index is 421. The summed E-state index contributed by atoms with van der Waals surface area (Å²) in [5, 5.41) is 9.42. The average molecular weight is 285 g/mol. The van der Waals surface area contributed by atoms with E-state index in [1.807, 2.05) is 37.3 Å². The smallest absolute Gasteiger partial charge is 0.408 e. The molecule has 0 aromatic heterocycles. The number of carboxylic acid groups (broad SMARTS) is 1. The number of hydrogen-bond acceptors (Lipinski definition) is 2. The maximum Gasteiger partial charge on any atom is 0.408 e. The Morgan fingerprint density at radius 1 is 1.42 bits per heavy atom. The van der Waals surface area contributed by atoms with E-state index in [0.717, 1.165) is 24.8 Å². The van der Waals surface area contributed by atoms with Gasteiger partial charge in [0.1, 0.15) is 0 Å². The highest BCUT2D eigenvalue weighted by atomic mass is 35.5. The number of hydrogen-bond donors (Lipinski definition) is 2. The quantitative estimate of drug-likeness (QED) is 0.874. The summed E-state index contributed by atoms with van der Waals surface area (Å²) in [6.07, 6.45) is 1.68. The predicted octanol–water partition coefficient (Wildman–Crippen LogP) is 2.86. The first-order valence-electron chi connectivity index (χ1n) is 6.40. The summed E-state index contributed by atoms with van der Waals surface area (Å²) in [5.41, 5.74) is 6.77. The highest BCUT2D eigenvalue weighted by Gasteiger charge is 2.53. The molecule has 1 aliphatic rings. The van der Waals surface area contributed by atoms with Gasteiger partial charge in [-0.1, -0.05) is 37.3 Å². The second-order valence-corrected chi connectivity index (χ2v) is 4.97. The fourth-order valence-corrected chi connectivity index (χ4v) is 2.53. The second-order valence-electron chi connectivity index (χ2n) is 4.97. The molecule has 0 radical (unpaired) electrons. The molecular weight excluding hydrogens is 264 g/mol. The number of nitrogens with two attached hydrogens (primary N) is 1. The van der Waals surface area contributed by atoms with Gasteiger partial charge in [0.05, 0.1) is 5.54 Å². The van der Waals surface area contributed by atoms with Crippen molar-refractivity contribution in [3.8, 4) is 0 Å². The topological polar surface area (TPSA) is 66.6 Å². The molecule has 4 nitrogen and oxygen atoms in total. The first-order chi connectivity index (χ1) is 8.60. The molecule has 1 amide bonds. The van der Waals surface area contributed by atoms with E-state index in [9.17, 15) is 9.90 Å². The van der Waals surface area contributed by atoms with E-state index in [4.69, 9.17) is 5.73 Å². The first-order valence-corrected chi connectivity index (χ1v) is 6.40. The predicted molar refractivity (Wildman–Crippen MR) is 77.5 cm³/mol. The van der Waals surface area contributed by atoms with E-state index >= 15 is 0 Å². The number of halogens is 1. The maximum absolute atomic E-state index is 11.5. The summed E-state index contributed by atoms with van der Waals surface area (Å²) in [4.78, 5) is 13.0. The van der Waals surface area contributed by atoms with Gasteiger partial charge in [0.25, 0.3) is 0 Å². The zero-order valence-corrected chi connectivity index (χ0v) is 11.9. The normalized spacial score (nSPS) is 17.2. The molecule has 1 fully saturated rings. The molecule has 0 spiro atoms. The lowest BCUT2D eigenvalue weighted by atomic mass is 10.0. The number of amides is 1. The van der Waals surface area contributed by atoms with Crippen molar-refractivity contribution in [2.45, 2.75) is 44.3 Å². The lowest BCUT2D eigenvalue weighted by Gasteiger charge is -2.33. The monoisotopic (exact) mass is 284 g/mol. The van der Waals surface area contributed by atoms with Gasteiger partial charge in [-0.25, -0.2) is 4.79 Å². The van der Waals surface area contributed by atoms with Crippen LogP contribution in [-0.2, 0) is 6.54 Å². The first kappa shape index (κ1) is 15.8. The molecule has 1 saturated carbocycles. The van der Waals surface area contributed by atoms with Crippen molar-refractivity contribution in [1.82, 2.24) is 4.90 Å². The van der Waals surface area contributed by atoms with Gasteiger partial charge in [-0.2, -0.15) is 0 Å². The van der Waals surface area contributed by atoms with Crippen molar-refractivity contribution in [2.75, 3.05) is 0 Å². The molecule has 1 atom stereocenters. The Hall–Kier alpha value is -1.26. The van der Waals surface area contributed by atoms with Gasteiger partial charge < -0.3 is 10.8 Å². The Balaban J connectivity index is 0.00000180. The molecule has 106 valence electrons. The summed E-state index contributed by atoms with van der Waals surface area (Å²) >= 11 is 0. The zero-order chi connectivity index (χ0) is 13.2. The molecule has 19 heavy (non-hydrogen) atoms. The molecule has 2 rings (SSSR count). The standard InChI is InChI=1S/C14H20N2O2.ClH/c1-2-12(15)14(8-9-14)16(13(17)18)10-11-6-4-3-5-7-11;/h3-7,12H,2,8-10,15H2,1H3,(H,17,18);1H/t12-;/m0./s1. The van der Waals surface area contributed by atoms with Crippen molar-refractivity contribution in [2.24, 2.45) is 5.73 Å². The highest BCUT2D eigenvalue weighted by Crippen LogP contribution is 2.45. The lowest BCUT2D eigenvalue weighted by Crippen LogP contribution is -2.51. The fourth-order valence-electron chi connectivity index (χ4n) is 2.53. The van der Waals surface area contributed by atoms with Gasteiger partial charge in [-0.15, -0.1) is 12.4 Å². The summed E-state index contributed by atoms with van der Waals surface area (Å²) in [5.74, 6) is 0. The van der Waals surface area contributed by atoms with Crippen LogP contribution < -0.4 is 5.73 Å². The number of rotatable bonds is 5. The van der Waals surface area contributed by atoms with E-state index in [0.29, 0.717) is 6.54 Å². The van der Waals surface area contributed by atoms with Crippen LogP contribution in [-0.4, -0.2) is 27.7 Å². The van der Waals surface area contributed by atoms with E-state index in [-0.39, 0.29) is 24.0 Å². The number of nitrogens with zero attached hydrogens (tertiary/aromatic N) is 1. The van der Waals surface area contributed by atoms with E-state index in [2.05, 4.69) is 0 Å². The minimum absolute atomic E-state index is 0. The van der Waals surface area contributed by atoms with Crippen LogP contribution in [0.5, 0.6) is 0 Å². The minimum atomic E-state index is -0.875. The van der Waals surface area contributed by atoms with Crippen LogP contribution in [0.1, 0.15) is 31.7 Å². The van der Waals surface area contributed by atoms with Gasteiger partial charge in [0.2, 0.25) is 0 Å². The second kappa shape index (κ2) is 6.26. The molecule has 1 aliphatic carbocycles. The van der Waals surface area contributed by atoms with Crippen molar-refractivity contribution in [3.63, 3.8) is 0 Å². The Morgan fingerprint density at radius 2 is 2.00 bits per heavy atom. The SMILES string of the molecule is CC[C@H](N)C1(N(Cc2ccccc2)C(=O)O)CC1.Cl. The van der Waals surface area contributed by atoms with Crippen molar-refractivity contribution in [1.29, 1.82) is 0 Å². The Morgan fingerprint density at radius 3 is 2.42 bits per heavy atom. The van der Waals surface area contributed by atoms with Crippen molar-refractivity contribution >= 4 is 18.5 Å². The summed E-state index contributed by atoms with van der Waals surface area (Å²) in [6, 6.07) is 9.60. The van der Waals surface area contributed by atoms with Crippen LogP contribution in [0.15, 0.2) is 30.3 Å². The largest absolute Gasteiger partial charge is 0.465 e. The van der Waals surface area contributed by atoms with Crippen molar-refractivity contribution in [3.05, 3.63) is 35.9 Å². The van der Waals surface area contributed by atoms with Crippen LogP contribution in [0, 0.1) is 0 Å². The van der Waals surface area contributed by atoms with Crippen LogP contribution in [0.4, 0.5) is 4.79 Å². The molecule has 1 aromatic rings. The Labute approximate surface area is 120 Å². The van der Waals surface area contributed by atoms with Crippen LogP contribution in [0.3, 0.4) is 0 Å². The molecule has 3 N–H and O–H groups in total. The lowest BCUT2D eigenvalue weighted by molar-refractivity contribution is 0.102. The third-order valence-electron chi connectivity index (χ3n) is 3.84. The van der Waals surface area contributed by atoms with Gasteiger partial charge in [0.15, 0.2) is 0 Å². The highest BCUT2D eigenvalue weighted by molar-refractivity contribution is 5.85. The maximum atomic E-state index is 11.5. The summed E-state index contributed by atoms with van der Waals surface area (Å²) in [7, 11) is 0. The van der Waals surface area contributed by atoms with E-state index < -0.39 is 6.09 Å². The Kier molecular flexibility index (Phi) is 5.20. The third kappa shape index (κ3) is 3.19. The van der Waals surface area contributed by atoms with Crippen LogP contribution in [0.2, 0.25) is 0 Å². The van der Waals surface area contributed by atoms with Gasteiger partial charge in [-0.05, 0) is 24.8 Å². The van der Waals surface area contributed by atoms with Crippen LogP contribution >= 0.6 is 12.4 Å². The molecule has 0 bridgehead atoms. The molecule has 0 aliphatic heterocycles. The van der Waals surface area contributed by atoms with Gasteiger partial charge in [-0.3, -0.25) is 4.90 Å². The van der Waals surface area contributed by atoms with E-state index in [1.165, 1.54) is 4.90 Å². The van der Waals surface area contributed by atoms with Crippen LogP contribution in [0.25, 0.3) is 0 Å². The molecule has 0 heterocycles. The number of carbonyl (C=O) groups is 1. The summed E-state index contributed by atoms with van der Waals surface area (Å²) < 4.78 is 0. The molecule has 5 heteroatoms. The van der Waals surface area contributed by atoms with E-state index in [1.54, 1.807) is 0 Å². The third-order valence-corrected chi connectivity index (χ3v) is 3.84. The van der Waals surface area contributed by atoms with Gasteiger partial charge >= 0.3 is 6.09 Å².